The van der Waals surface area contributed by atoms with E-state index in [0.29, 0.717) is 12.2 Å². The van der Waals surface area contributed by atoms with Crippen molar-refractivity contribution < 1.29 is 4.79 Å². The summed E-state index contributed by atoms with van der Waals surface area (Å²) in [4.78, 5) is 13.9. The lowest BCUT2D eigenvalue weighted by molar-refractivity contribution is -0.124. The maximum absolute atomic E-state index is 11.6. The van der Waals surface area contributed by atoms with Crippen LogP contribution in [-0.2, 0) is 4.79 Å². The SMILES string of the molecule is CC(N)CC(=O)C1CCCN(C)C1. The van der Waals surface area contributed by atoms with E-state index in [4.69, 9.17) is 5.73 Å². The zero-order valence-electron chi connectivity index (χ0n) is 8.62. The molecule has 13 heavy (non-hydrogen) atoms. The highest BCUT2D eigenvalue weighted by Crippen LogP contribution is 2.17. The van der Waals surface area contributed by atoms with Gasteiger partial charge in [0.25, 0.3) is 0 Å². The molecule has 1 rings (SSSR count). The van der Waals surface area contributed by atoms with Gasteiger partial charge in [0.1, 0.15) is 5.78 Å². The topological polar surface area (TPSA) is 46.3 Å². The number of rotatable bonds is 3. The third kappa shape index (κ3) is 3.44. The number of likely N-dealkylation sites (tertiary alicyclic amines) is 1. The van der Waals surface area contributed by atoms with Gasteiger partial charge in [0.05, 0.1) is 0 Å². The zero-order chi connectivity index (χ0) is 9.84. The van der Waals surface area contributed by atoms with Crippen molar-refractivity contribution in [2.75, 3.05) is 20.1 Å². The first kappa shape index (κ1) is 10.7. The van der Waals surface area contributed by atoms with Crippen LogP contribution >= 0.6 is 0 Å². The number of nitrogens with two attached hydrogens (primary N) is 1. The highest BCUT2D eigenvalue weighted by molar-refractivity contribution is 5.81. The average molecular weight is 184 g/mol. The molecule has 0 aromatic heterocycles. The van der Waals surface area contributed by atoms with Crippen LogP contribution in [0.25, 0.3) is 0 Å². The molecule has 2 atom stereocenters. The average Bonchev–Trinajstić information content (AvgIpc) is 2.03. The van der Waals surface area contributed by atoms with Crippen LogP contribution in [0, 0.1) is 5.92 Å². The summed E-state index contributed by atoms with van der Waals surface area (Å²) in [6, 6.07) is 0.0136. The fourth-order valence-corrected chi connectivity index (χ4v) is 1.91. The molecule has 0 bridgehead atoms. The summed E-state index contributed by atoms with van der Waals surface area (Å²) >= 11 is 0. The molecule has 1 aliphatic rings. The second-order valence-electron chi connectivity index (χ2n) is 4.25. The minimum absolute atomic E-state index is 0.0136. The number of piperidine rings is 1. The summed E-state index contributed by atoms with van der Waals surface area (Å²) in [5.41, 5.74) is 5.60. The Morgan fingerprint density at radius 3 is 2.92 bits per heavy atom. The molecule has 0 saturated carbocycles. The Kier molecular flexibility index (Phi) is 3.88. The van der Waals surface area contributed by atoms with Gasteiger partial charge in [0, 0.05) is 24.9 Å². The minimum atomic E-state index is 0.0136. The van der Waals surface area contributed by atoms with Gasteiger partial charge in [0.15, 0.2) is 0 Å². The van der Waals surface area contributed by atoms with Crippen LogP contribution in [0.2, 0.25) is 0 Å². The number of hydrogen-bond donors (Lipinski definition) is 1. The first-order valence-corrected chi connectivity index (χ1v) is 5.06. The second-order valence-corrected chi connectivity index (χ2v) is 4.25. The van der Waals surface area contributed by atoms with Gasteiger partial charge in [-0.2, -0.15) is 0 Å². The molecule has 0 amide bonds. The molecule has 1 aliphatic heterocycles. The van der Waals surface area contributed by atoms with Crippen molar-refractivity contribution in [3.63, 3.8) is 0 Å². The number of hydrogen-bond acceptors (Lipinski definition) is 3. The molecule has 1 heterocycles. The summed E-state index contributed by atoms with van der Waals surface area (Å²) in [6.07, 6.45) is 2.74. The van der Waals surface area contributed by atoms with Gasteiger partial charge >= 0.3 is 0 Å². The van der Waals surface area contributed by atoms with Gasteiger partial charge in [-0.25, -0.2) is 0 Å². The Bertz CT molecular complexity index is 180. The standard InChI is InChI=1S/C10H20N2O/c1-8(11)6-10(13)9-4-3-5-12(2)7-9/h8-9H,3-7,11H2,1-2H3. The van der Waals surface area contributed by atoms with Crippen molar-refractivity contribution in [3.05, 3.63) is 0 Å². The van der Waals surface area contributed by atoms with Gasteiger partial charge in [-0.15, -0.1) is 0 Å². The molecule has 0 aromatic carbocycles. The zero-order valence-corrected chi connectivity index (χ0v) is 8.62. The van der Waals surface area contributed by atoms with Gasteiger partial charge in [-0.3, -0.25) is 4.79 Å². The Morgan fingerprint density at radius 1 is 1.69 bits per heavy atom. The van der Waals surface area contributed by atoms with Crippen molar-refractivity contribution in [3.8, 4) is 0 Å². The van der Waals surface area contributed by atoms with Crippen LogP contribution in [0.3, 0.4) is 0 Å². The first-order valence-electron chi connectivity index (χ1n) is 5.06. The van der Waals surface area contributed by atoms with Crippen LogP contribution < -0.4 is 5.73 Å². The molecule has 2 unspecified atom stereocenters. The Hall–Kier alpha value is -0.410. The van der Waals surface area contributed by atoms with Crippen LogP contribution in [0.5, 0.6) is 0 Å². The molecular formula is C10H20N2O. The fraction of sp³-hybridized carbons (Fsp3) is 0.900. The van der Waals surface area contributed by atoms with Crippen molar-refractivity contribution in [1.82, 2.24) is 4.90 Å². The highest BCUT2D eigenvalue weighted by atomic mass is 16.1. The van der Waals surface area contributed by atoms with Gasteiger partial charge in [-0.1, -0.05) is 0 Å². The lowest BCUT2D eigenvalue weighted by Crippen LogP contribution is -2.37. The van der Waals surface area contributed by atoms with Crippen LogP contribution in [-0.4, -0.2) is 36.9 Å². The smallest absolute Gasteiger partial charge is 0.138 e. The number of carbonyl (C=O) groups excluding carboxylic acids is 1. The molecule has 0 radical (unpaired) electrons. The molecular weight excluding hydrogens is 164 g/mol. The van der Waals surface area contributed by atoms with Crippen LogP contribution in [0.4, 0.5) is 0 Å². The summed E-state index contributed by atoms with van der Waals surface area (Å²) < 4.78 is 0. The van der Waals surface area contributed by atoms with Crippen LogP contribution in [0.15, 0.2) is 0 Å². The summed E-state index contributed by atoms with van der Waals surface area (Å²) in [5.74, 6) is 0.589. The number of carbonyl (C=O) groups is 1. The van der Waals surface area contributed by atoms with E-state index in [9.17, 15) is 4.79 Å². The molecule has 2 N–H and O–H groups in total. The number of nitrogens with zero attached hydrogens (tertiary/aromatic N) is 1. The molecule has 0 spiro atoms. The highest BCUT2D eigenvalue weighted by Gasteiger charge is 2.23. The second kappa shape index (κ2) is 4.72. The Labute approximate surface area is 80.3 Å². The predicted molar refractivity (Wildman–Crippen MR) is 53.5 cm³/mol. The van der Waals surface area contributed by atoms with E-state index in [2.05, 4.69) is 11.9 Å². The molecule has 3 heteroatoms. The maximum Gasteiger partial charge on any atom is 0.138 e. The van der Waals surface area contributed by atoms with E-state index in [1.165, 1.54) is 0 Å². The largest absolute Gasteiger partial charge is 0.328 e. The lowest BCUT2D eigenvalue weighted by atomic mass is 9.91. The normalized spacial score (nSPS) is 27.2. The molecule has 76 valence electrons. The monoisotopic (exact) mass is 184 g/mol. The molecule has 1 saturated heterocycles. The lowest BCUT2D eigenvalue weighted by Gasteiger charge is -2.28. The number of Topliss-reactive ketones (excluding diaryl/α,β-unsaturated/α-hetero) is 1. The fourth-order valence-electron chi connectivity index (χ4n) is 1.91. The first-order chi connectivity index (χ1) is 6.09. The van der Waals surface area contributed by atoms with Gasteiger partial charge < -0.3 is 10.6 Å². The molecule has 1 fully saturated rings. The quantitative estimate of drug-likeness (QED) is 0.700. The van der Waals surface area contributed by atoms with Crippen LogP contribution in [0.1, 0.15) is 26.2 Å². The molecule has 0 aliphatic carbocycles. The summed E-state index contributed by atoms with van der Waals surface area (Å²) in [5, 5.41) is 0. The van der Waals surface area contributed by atoms with Gasteiger partial charge in [0.2, 0.25) is 0 Å². The van der Waals surface area contributed by atoms with E-state index in [1.807, 2.05) is 6.92 Å². The summed E-state index contributed by atoms with van der Waals surface area (Å²) in [6.45, 7) is 3.94. The van der Waals surface area contributed by atoms with E-state index in [0.717, 1.165) is 25.9 Å². The third-order valence-electron chi connectivity index (χ3n) is 2.60. The van der Waals surface area contributed by atoms with Crippen molar-refractivity contribution in [2.45, 2.75) is 32.2 Å². The third-order valence-corrected chi connectivity index (χ3v) is 2.60. The van der Waals surface area contributed by atoms with Crippen molar-refractivity contribution in [2.24, 2.45) is 11.7 Å². The molecule has 3 nitrogen and oxygen atoms in total. The van der Waals surface area contributed by atoms with Crippen molar-refractivity contribution >= 4 is 5.78 Å². The Morgan fingerprint density at radius 2 is 2.38 bits per heavy atom. The number of ketones is 1. The minimum Gasteiger partial charge on any atom is -0.328 e. The van der Waals surface area contributed by atoms with E-state index >= 15 is 0 Å². The van der Waals surface area contributed by atoms with E-state index < -0.39 is 0 Å². The maximum atomic E-state index is 11.6. The van der Waals surface area contributed by atoms with Crippen molar-refractivity contribution in [1.29, 1.82) is 0 Å². The Balaban J connectivity index is 2.37. The van der Waals surface area contributed by atoms with Gasteiger partial charge in [-0.05, 0) is 33.4 Å². The summed E-state index contributed by atoms with van der Waals surface area (Å²) in [7, 11) is 2.07. The molecule has 0 aromatic rings. The predicted octanol–water partition coefficient (Wildman–Crippen LogP) is 0.635. The van der Waals surface area contributed by atoms with E-state index in [-0.39, 0.29) is 12.0 Å². The van der Waals surface area contributed by atoms with E-state index in [1.54, 1.807) is 0 Å².